The van der Waals surface area contributed by atoms with Crippen molar-refractivity contribution in [1.29, 1.82) is 0 Å². The van der Waals surface area contributed by atoms with E-state index in [4.69, 9.17) is 0 Å². The highest BCUT2D eigenvalue weighted by Crippen LogP contribution is 2.28. The topological polar surface area (TPSA) is 97.2 Å². The van der Waals surface area contributed by atoms with Crippen molar-refractivity contribution in [1.82, 2.24) is 29.1 Å². The summed E-state index contributed by atoms with van der Waals surface area (Å²) in [7, 11) is 0. The number of rotatable bonds is 8. The molecule has 0 saturated carbocycles. The minimum atomic E-state index is -1.97. The van der Waals surface area contributed by atoms with Crippen molar-refractivity contribution in [3.05, 3.63) is 119 Å². The van der Waals surface area contributed by atoms with E-state index in [2.05, 4.69) is 56.2 Å². The number of aryl methyl sites for hydroxylation is 1. The first-order valence-electron chi connectivity index (χ1n) is 13.6. The van der Waals surface area contributed by atoms with Crippen LogP contribution in [0.1, 0.15) is 11.1 Å². The summed E-state index contributed by atoms with van der Waals surface area (Å²) in [5.74, 6) is -1.72. The molecule has 0 radical (unpaired) electrons. The van der Waals surface area contributed by atoms with Gasteiger partial charge in [-0.25, -0.2) is 32.5 Å². The molecule has 0 spiro atoms. The van der Waals surface area contributed by atoms with Crippen LogP contribution in [0.15, 0.2) is 90.5 Å². The molecule has 2 aromatic heterocycles. The highest BCUT2D eigenvalue weighted by Gasteiger charge is 2.35. The van der Waals surface area contributed by atoms with Crippen LogP contribution in [0.5, 0.6) is 0 Å². The quantitative estimate of drug-likeness (QED) is 0.305. The number of aromatic nitrogens is 6. The molecule has 0 bridgehead atoms. The molecule has 5 aromatic rings. The van der Waals surface area contributed by atoms with Gasteiger partial charge in [-0.15, -0.1) is 0 Å². The van der Waals surface area contributed by atoms with Gasteiger partial charge in [0.25, 0.3) is 0 Å². The molecular weight excluding hydrogens is 542 g/mol. The number of anilines is 2. The third kappa shape index (κ3) is 5.53. The summed E-state index contributed by atoms with van der Waals surface area (Å²) >= 11 is 0. The van der Waals surface area contributed by atoms with E-state index in [0.717, 1.165) is 48.7 Å². The number of halogens is 2. The Hall–Kier alpha value is -4.84. The van der Waals surface area contributed by atoms with Crippen molar-refractivity contribution in [2.75, 3.05) is 36.0 Å². The summed E-state index contributed by atoms with van der Waals surface area (Å²) < 4.78 is 32.1. The molecule has 1 atom stereocenters. The lowest BCUT2D eigenvalue weighted by Crippen LogP contribution is -2.46. The second-order valence-electron chi connectivity index (χ2n) is 10.5. The van der Waals surface area contributed by atoms with Crippen LogP contribution in [0.4, 0.5) is 20.2 Å². The summed E-state index contributed by atoms with van der Waals surface area (Å²) in [4.78, 5) is 21.9. The first-order valence-corrected chi connectivity index (χ1v) is 13.6. The van der Waals surface area contributed by atoms with E-state index in [-0.39, 0.29) is 12.1 Å². The van der Waals surface area contributed by atoms with E-state index in [9.17, 15) is 18.7 Å². The minimum absolute atomic E-state index is 0.187. The molecule has 1 N–H and O–H groups in total. The molecule has 1 saturated heterocycles. The van der Waals surface area contributed by atoms with Crippen LogP contribution in [0.2, 0.25) is 0 Å². The van der Waals surface area contributed by atoms with Crippen molar-refractivity contribution in [3.63, 3.8) is 0 Å². The maximum Gasteiger partial charge on any atom is 0.350 e. The third-order valence-corrected chi connectivity index (χ3v) is 7.64. The summed E-state index contributed by atoms with van der Waals surface area (Å²) in [5.41, 5.74) is 1.44. The first kappa shape index (κ1) is 27.3. The molecular formula is C30H30F2N8O2. The van der Waals surface area contributed by atoms with E-state index in [0.29, 0.717) is 11.8 Å². The summed E-state index contributed by atoms with van der Waals surface area (Å²) in [6.07, 6.45) is 3.99. The summed E-state index contributed by atoms with van der Waals surface area (Å²) in [5, 5.41) is 19.8. The summed E-state index contributed by atoms with van der Waals surface area (Å²) in [6.45, 7) is 5.00. The molecule has 1 aliphatic rings. The van der Waals surface area contributed by atoms with Crippen molar-refractivity contribution in [3.8, 4) is 5.69 Å². The van der Waals surface area contributed by atoms with Crippen LogP contribution in [0.3, 0.4) is 0 Å². The van der Waals surface area contributed by atoms with Crippen LogP contribution in [0.25, 0.3) is 5.69 Å². The van der Waals surface area contributed by atoms with E-state index in [1.165, 1.54) is 39.5 Å². The van der Waals surface area contributed by atoms with Gasteiger partial charge in [-0.05, 0) is 49.4 Å². The monoisotopic (exact) mass is 572 g/mol. The Morgan fingerprint density at radius 1 is 0.810 bits per heavy atom. The van der Waals surface area contributed by atoms with Gasteiger partial charge in [0, 0.05) is 49.2 Å². The number of nitrogens with zero attached hydrogens (tertiary/aromatic N) is 8. The molecule has 6 rings (SSSR count). The first-order chi connectivity index (χ1) is 20.3. The van der Waals surface area contributed by atoms with Gasteiger partial charge in [0.2, 0.25) is 0 Å². The highest BCUT2D eigenvalue weighted by atomic mass is 19.1. The van der Waals surface area contributed by atoms with Crippen LogP contribution < -0.4 is 15.5 Å². The normalized spacial score (nSPS) is 15.1. The Morgan fingerprint density at radius 2 is 1.43 bits per heavy atom. The largest absolute Gasteiger partial charge is 0.381 e. The molecule has 1 fully saturated rings. The van der Waals surface area contributed by atoms with Crippen molar-refractivity contribution < 1.29 is 13.9 Å². The zero-order chi connectivity index (χ0) is 29.3. The van der Waals surface area contributed by atoms with Crippen LogP contribution in [0, 0.1) is 18.6 Å². The van der Waals surface area contributed by atoms with Gasteiger partial charge < -0.3 is 14.9 Å². The fourth-order valence-electron chi connectivity index (χ4n) is 5.34. The number of hydrogen-bond acceptors (Lipinski definition) is 7. The predicted octanol–water partition coefficient (Wildman–Crippen LogP) is 3.13. The molecule has 1 unspecified atom stereocenters. The third-order valence-electron chi connectivity index (χ3n) is 7.64. The minimum Gasteiger partial charge on any atom is -0.381 e. The predicted molar refractivity (Wildman–Crippen MR) is 154 cm³/mol. The Bertz CT molecular complexity index is 1710. The van der Waals surface area contributed by atoms with Crippen molar-refractivity contribution in [2.24, 2.45) is 0 Å². The van der Waals surface area contributed by atoms with Gasteiger partial charge >= 0.3 is 5.69 Å². The number of benzene rings is 3. The van der Waals surface area contributed by atoms with Gasteiger partial charge in [0.05, 0.1) is 18.8 Å². The Morgan fingerprint density at radius 3 is 2.02 bits per heavy atom. The Balaban J connectivity index is 1.18. The van der Waals surface area contributed by atoms with Crippen molar-refractivity contribution in [2.45, 2.75) is 25.6 Å². The Kier molecular flexibility index (Phi) is 7.29. The maximum absolute atomic E-state index is 14.8. The molecule has 10 nitrogen and oxygen atoms in total. The van der Waals surface area contributed by atoms with Gasteiger partial charge in [0.15, 0.2) is 0 Å². The molecule has 0 aliphatic carbocycles. The van der Waals surface area contributed by atoms with Crippen LogP contribution in [-0.2, 0) is 18.7 Å². The second-order valence-corrected chi connectivity index (χ2v) is 10.5. The number of piperazine rings is 1. The van der Waals surface area contributed by atoms with Gasteiger partial charge in [0.1, 0.15) is 36.2 Å². The van der Waals surface area contributed by atoms with Gasteiger partial charge in [-0.2, -0.15) is 10.2 Å². The second kappa shape index (κ2) is 11.2. The van der Waals surface area contributed by atoms with Crippen LogP contribution >= 0.6 is 0 Å². The van der Waals surface area contributed by atoms with Gasteiger partial charge in [-0.1, -0.05) is 23.8 Å². The zero-order valence-electron chi connectivity index (χ0n) is 23.0. The number of hydrogen-bond donors (Lipinski definition) is 1. The number of aliphatic hydroxyl groups is 1. The molecule has 42 heavy (non-hydrogen) atoms. The van der Waals surface area contributed by atoms with E-state index in [1.807, 2.05) is 24.3 Å². The highest BCUT2D eigenvalue weighted by molar-refractivity contribution is 5.54. The molecule has 3 aromatic carbocycles. The SMILES string of the molecule is Cc1ccc(N2CCN(c3ccc(-n4cnn(CC(O)(Cn5cncn5)c5ccc(F)cc5F)c4=O)cc3)CC2)cc1. The van der Waals surface area contributed by atoms with E-state index < -0.39 is 29.5 Å². The average Bonchev–Trinajstić information content (AvgIpc) is 3.63. The van der Waals surface area contributed by atoms with E-state index >= 15 is 0 Å². The molecule has 12 heteroatoms. The molecule has 3 heterocycles. The fourth-order valence-corrected chi connectivity index (χ4v) is 5.34. The summed E-state index contributed by atoms with van der Waals surface area (Å²) in [6, 6.07) is 19.1. The molecule has 1 aliphatic heterocycles. The smallest absolute Gasteiger partial charge is 0.350 e. The lowest BCUT2D eigenvalue weighted by molar-refractivity contribution is -0.00948. The molecule has 0 amide bonds. The zero-order valence-corrected chi connectivity index (χ0v) is 23.0. The van der Waals surface area contributed by atoms with E-state index in [1.54, 1.807) is 0 Å². The maximum atomic E-state index is 14.8. The Labute approximate surface area is 240 Å². The lowest BCUT2D eigenvalue weighted by Gasteiger charge is -2.37. The van der Waals surface area contributed by atoms with Crippen molar-refractivity contribution >= 4 is 11.4 Å². The lowest BCUT2D eigenvalue weighted by atomic mass is 9.93. The fraction of sp³-hybridized carbons (Fsp3) is 0.267. The molecule has 216 valence electrons. The van der Waals surface area contributed by atoms with Gasteiger partial charge in [-0.3, -0.25) is 0 Å². The standard InChI is InChI=1S/C30H30F2N8O2/c1-22-2-5-24(6-3-22)36-12-14-37(15-13-36)25-7-9-26(10-8-25)39-21-35-40(29(39)41)18-30(42,17-38-20-33-19-34-38)27-11-4-23(31)16-28(27)32/h2-11,16,19-21,42H,12-15,17-18H2,1H3. The van der Waals surface area contributed by atoms with Crippen LogP contribution in [-0.4, -0.2) is 60.4 Å². The average molecular weight is 573 g/mol.